The highest BCUT2D eigenvalue weighted by molar-refractivity contribution is 5.98. The van der Waals surface area contributed by atoms with E-state index in [0.29, 0.717) is 36.3 Å². The molecule has 0 saturated heterocycles. The van der Waals surface area contributed by atoms with Crippen molar-refractivity contribution < 1.29 is 9.32 Å². The van der Waals surface area contributed by atoms with Crippen LogP contribution in [0.4, 0.5) is 5.82 Å². The molecule has 1 unspecified atom stereocenters. The minimum atomic E-state index is -0.312. The zero-order valence-electron chi connectivity index (χ0n) is 12.4. The average Bonchev–Trinajstić information content (AvgIpc) is 3.09. The molecule has 0 bridgehead atoms. The quantitative estimate of drug-likeness (QED) is 0.730. The molecule has 0 spiro atoms. The first kappa shape index (κ1) is 13.7. The molecule has 0 saturated carbocycles. The highest BCUT2D eigenvalue weighted by atomic mass is 16.5. The van der Waals surface area contributed by atoms with Crippen LogP contribution in [-0.2, 0) is 24.8 Å². The Labute approximate surface area is 129 Å². The van der Waals surface area contributed by atoms with Crippen LogP contribution in [0.2, 0.25) is 0 Å². The van der Waals surface area contributed by atoms with Gasteiger partial charge in [-0.2, -0.15) is 5.10 Å². The number of carbonyl (C=O) groups is 1. The number of hydrogen-bond acceptors (Lipinski definition) is 6. The maximum atomic E-state index is 12.5. The summed E-state index contributed by atoms with van der Waals surface area (Å²) in [5.41, 5.74) is 0.172. The van der Waals surface area contributed by atoms with Crippen molar-refractivity contribution in [1.82, 2.24) is 24.5 Å². The molecule has 3 aromatic heterocycles. The molecule has 9 heteroatoms. The maximum absolute atomic E-state index is 12.5. The lowest BCUT2D eigenvalue weighted by Gasteiger charge is -2.21. The summed E-state index contributed by atoms with van der Waals surface area (Å²) in [4.78, 5) is 28.5. The number of pyridine rings is 1. The SMILES string of the molecule is Cn1nc2n(c1=O)CC(C(=O)Nc1noc3ncccc13)CC2. The molecule has 4 heterocycles. The Morgan fingerprint density at radius 2 is 2.35 bits per heavy atom. The molecule has 3 aromatic rings. The fraction of sp³-hybridized carbons (Fsp3) is 0.357. The fourth-order valence-corrected chi connectivity index (χ4v) is 2.84. The van der Waals surface area contributed by atoms with Gasteiger partial charge in [-0.25, -0.2) is 14.5 Å². The van der Waals surface area contributed by atoms with Gasteiger partial charge in [-0.15, -0.1) is 0 Å². The van der Waals surface area contributed by atoms with Crippen LogP contribution in [0.5, 0.6) is 0 Å². The van der Waals surface area contributed by atoms with Gasteiger partial charge in [0, 0.05) is 26.2 Å². The van der Waals surface area contributed by atoms with E-state index < -0.39 is 0 Å². The first-order valence-electron chi connectivity index (χ1n) is 7.27. The number of hydrogen-bond donors (Lipinski definition) is 1. The molecule has 0 radical (unpaired) electrons. The van der Waals surface area contributed by atoms with Crippen molar-refractivity contribution in [2.24, 2.45) is 13.0 Å². The van der Waals surface area contributed by atoms with E-state index in [9.17, 15) is 9.59 Å². The van der Waals surface area contributed by atoms with Gasteiger partial charge in [0.05, 0.1) is 11.3 Å². The van der Waals surface area contributed by atoms with E-state index in [1.54, 1.807) is 29.9 Å². The zero-order valence-corrected chi connectivity index (χ0v) is 12.4. The fourth-order valence-electron chi connectivity index (χ4n) is 2.84. The number of amides is 1. The topological polar surface area (TPSA) is 108 Å². The van der Waals surface area contributed by atoms with Crippen LogP contribution in [0.15, 0.2) is 27.6 Å². The third-order valence-electron chi connectivity index (χ3n) is 4.07. The Bertz CT molecular complexity index is 953. The molecule has 4 rings (SSSR count). The van der Waals surface area contributed by atoms with Crippen molar-refractivity contribution in [2.45, 2.75) is 19.4 Å². The van der Waals surface area contributed by atoms with E-state index in [1.807, 2.05) is 0 Å². The number of nitrogens with one attached hydrogen (secondary N) is 1. The maximum Gasteiger partial charge on any atom is 0.345 e. The van der Waals surface area contributed by atoms with Crippen molar-refractivity contribution in [3.05, 3.63) is 34.6 Å². The van der Waals surface area contributed by atoms with Crippen molar-refractivity contribution in [2.75, 3.05) is 5.32 Å². The van der Waals surface area contributed by atoms with Gasteiger partial charge in [0.15, 0.2) is 5.82 Å². The number of anilines is 1. The molecule has 23 heavy (non-hydrogen) atoms. The van der Waals surface area contributed by atoms with Crippen LogP contribution in [0.1, 0.15) is 12.2 Å². The smallest absolute Gasteiger partial charge is 0.334 e. The number of fused-ring (bicyclic) bond motifs is 2. The van der Waals surface area contributed by atoms with Gasteiger partial charge < -0.3 is 9.84 Å². The summed E-state index contributed by atoms with van der Waals surface area (Å²) in [6.45, 7) is 0.321. The highest BCUT2D eigenvalue weighted by Crippen LogP contribution is 2.23. The zero-order chi connectivity index (χ0) is 16.0. The van der Waals surface area contributed by atoms with Gasteiger partial charge in [0.2, 0.25) is 5.91 Å². The summed E-state index contributed by atoms with van der Waals surface area (Å²) in [6, 6.07) is 3.52. The van der Waals surface area contributed by atoms with Crippen LogP contribution in [0, 0.1) is 5.92 Å². The van der Waals surface area contributed by atoms with E-state index in [-0.39, 0.29) is 17.5 Å². The average molecular weight is 314 g/mol. The van der Waals surface area contributed by atoms with Crippen molar-refractivity contribution in [3.8, 4) is 0 Å². The van der Waals surface area contributed by atoms with Gasteiger partial charge in [-0.05, 0) is 18.6 Å². The Kier molecular flexibility index (Phi) is 3.00. The molecule has 1 aliphatic rings. The molecule has 1 atom stereocenters. The predicted octanol–water partition coefficient (Wildman–Crippen LogP) is 0.319. The van der Waals surface area contributed by atoms with E-state index in [4.69, 9.17) is 4.52 Å². The van der Waals surface area contributed by atoms with Gasteiger partial charge in [-0.3, -0.25) is 9.36 Å². The molecular weight excluding hydrogens is 300 g/mol. The van der Waals surface area contributed by atoms with E-state index >= 15 is 0 Å². The normalized spacial score (nSPS) is 17.2. The lowest BCUT2D eigenvalue weighted by Crippen LogP contribution is -2.35. The van der Waals surface area contributed by atoms with Crippen LogP contribution in [0.25, 0.3) is 11.1 Å². The van der Waals surface area contributed by atoms with Gasteiger partial charge in [-0.1, -0.05) is 5.16 Å². The number of rotatable bonds is 2. The minimum Gasteiger partial charge on any atom is -0.334 e. The summed E-state index contributed by atoms with van der Waals surface area (Å²) < 4.78 is 7.92. The summed E-state index contributed by atoms with van der Waals surface area (Å²) in [6.07, 6.45) is 2.82. The monoisotopic (exact) mass is 314 g/mol. The molecular formula is C14H14N6O3. The van der Waals surface area contributed by atoms with E-state index in [1.165, 1.54) is 4.68 Å². The summed E-state index contributed by atoms with van der Waals surface area (Å²) in [5.74, 6) is 0.568. The Hall–Kier alpha value is -2.97. The lowest BCUT2D eigenvalue weighted by atomic mass is 9.98. The molecule has 0 aromatic carbocycles. The van der Waals surface area contributed by atoms with Crippen LogP contribution in [0.3, 0.4) is 0 Å². The Balaban J connectivity index is 1.56. The first-order chi connectivity index (χ1) is 11.1. The first-order valence-corrected chi connectivity index (χ1v) is 7.27. The summed E-state index contributed by atoms with van der Waals surface area (Å²) in [7, 11) is 1.61. The van der Waals surface area contributed by atoms with Crippen molar-refractivity contribution >= 4 is 22.8 Å². The molecule has 0 aliphatic carbocycles. The predicted molar refractivity (Wildman–Crippen MR) is 79.7 cm³/mol. The molecule has 9 nitrogen and oxygen atoms in total. The number of carbonyl (C=O) groups excluding carboxylic acids is 1. The summed E-state index contributed by atoms with van der Waals surface area (Å²) >= 11 is 0. The van der Waals surface area contributed by atoms with Gasteiger partial charge >= 0.3 is 5.69 Å². The second kappa shape index (κ2) is 5.04. The van der Waals surface area contributed by atoms with Crippen LogP contribution in [-0.4, -0.2) is 30.4 Å². The molecule has 1 aliphatic heterocycles. The van der Waals surface area contributed by atoms with E-state index in [2.05, 4.69) is 20.6 Å². The minimum absolute atomic E-state index is 0.189. The third kappa shape index (κ3) is 2.20. The number of aromatic nitrogens is 5. The van der Waals surface area contributed by atoms with Crippen LogP contribution < -0.4 is 11.0 Å². The largest absolute Gasteiger partial charge is 0.345 e. The highest BCUT2D eigenvalue weighted by Gasteiger charge is 2.28. The van der Waals surface area contributed by atoms with Gasteiger partial charge in [0.1, 0.15) is 5.82 Å². The lowest BCUT2D eigenvalue weighted by molar-refractivity contribution is -0.120. The summed E-state index contributed by atoms with van der Waals surface area (Å²) in [5, 5.41) is 11.4. The second-order valence-corrected chi connectivity index (χ2v) is 5.55. The van der Waals surface area contributed by atoms with Crippen molar-refractivity contribution in [3.63, 3.8) is 0 Å². The molecule has 1 N–H and O–H groups in total. The Morgan fingerprint density at radius 3 is 3.22 bits per heavy atom. The standard InChI is InChI=1S/C14H14N6O3/c1-19-14(22)20-7-8(4-5-10(20)17-19)12(21)16-11-9-3-2-6-15-13(9)23-18-11/h2-3,6,8H,4-5,7H2,1H3,(H,16,18,21). The van der Waals surface area contributed by atoms with Gasteiger partial charge in [0.25, 0.3) is 5.71 Å². The second-order valence-electron chi connectivity index (χ2n) is 5.55. The van der Waals surface area contributed by atoms with Crippen LogP contribution >= 0.6 is 0 Å². The molecule has 118 valence electrons. The van der Waals surface area contributed by atoms with E-state index in [0.717, 1.165) is 5.82 Å². The Morgan fingerprint density at radius 1 is 1.48 bits per heavy atom. The number of aryl methyl sites for hydroxylation is 2. The van der Waals surface area contributed by atoms with Crippen molar-refractivity contribution in [1.29, 1.82) is 0 Å². The third-order valence-corrected chi connectivity index (χ3v) is 4.07. The number of nitrogens with zero attached hydrogens (tertiary/aromatic N) is 5. The molecule has 1 amide bonds. The molecule has 0 fully saturated rings.